The Morgan fingerprint density at radius 1 is 1.11 bits per heavy atom. The molecular formula is C13H8ClF2NO2. The summed E-state index contributed by atoms with van der Waals surface area (Å²) in [6.45, 7) is 0. The van der Waals surface area contributed by atoms with E-state index < -0.39 is 17.6 Å². The molecule has 2 N–H and O–H groups in total. The van der Waals surface area contributed by atoms with Gasteiger partial charge < -0.3 is 10.4 Å². The molecule has 3 nitrogen and oxygen atoms in total. The Morgan fingerprint density at radius 3 is 2.32 bits per heavy atom. The maximum Gasteiger partial charge on any atom is 0.337 e. The number of hydrogen-bond acceptors (Lipinski definition) is 2. The fourth-order valence-corrected chi connectivity index (χ4v) is 1.76. The van der Waals surface area contributed by atoms with E-state index in [4.69, 9.17) is 16.7 Å². The molecule has 0 spiro atoms. The number of carboxylic acid groups (broad SMARTS) is 1. The van der Waals surface area contributed by atoms with E-state index in [1.165, 1.54) is 18.2 Å². The maximum atomic E-state index is 13.0. The zero-order chi connectivity index (χ0) is 14.0. The van der Waals surface area contributed by atoms with Gasteiger partial charge in [0.05, 0.1) is 11.3 Å². The second-order valence-electron chi connectivity index (χ2n) is 3.78. The third-order valence-electron chi connectivity index (χ3n) is 2.35. The largest absolute Gasteiger partial charge is 0.478 e. The summed E-state index contributed by atoms with van der Waals surface area (Å²) in [6, 6.07) is 7.00. The molecule has 0 fully saturated rings. The second kappa shape index (κ2) is 5.24. The van der Waals surface area contributed by atoms with Crippen LogP contribution in [-0.4, -0.2) is 11.1 Å². The van der Waals surface area contributed by atoms with Gasteiger partial charge in [-0.15, -0.1) is 0 Å². The number of benzene rings is 2. The molecule has 0 aliphatic heterocycles. The molecule has 0 atom stereocenters. The molecule has 19 heavy (non-hydrogen) atoms. The zero-order valence-corrected chi connectivity index (χ0v) is 10.2. The van der Waals surface area contributed by atoms with E-state index in [0.29, 0.717) is 0 Å². The lowest BCUT2D eigenvalue weighted by atomic mass is 10.1. The Labute approximate surface area is 112 Å². The number of aromatic carboxylic acids is 1. The van der Waals surface area contributed by atoms with Crippen molar-refractivity contribution in [1.29, 1.82) is 0 Å². The molecule has 0 saturated carbocycles. The van der Waals surface area contributed by atoms with Gasteiger partial charge in [0.2, 0.25) is 0 Å². The molecule has 2 aromatic carbocycles. The van der Waals surface area contributed by atoms with Gasteiger partial charge in [-0.2, -0.15) is 0 Å². The van der Waals surface area contributed by atoms with Crippen molar-refractivity contribution >= 4 is 28.9 Å². The van der Waals surface area contributed by atoms with Gasteiger partial charge >= 0.3 is 5.97 Å². The number of halogens is 3. The van der Waals surface area contributed by atoms with Crippen molar-refractivity contribution in [2.45, 2.75) is 0 Å². The van der Waals surface area contributed by atoms with Gasteiger partial charge in [0.25, 0.3) is 0 Å². The first-order chi connectivity index (χ1) is 8.95. The zero-order valence-electron chi connectivity index (χ0n) is 9.45. The molecule has 2 rings (SSSR count). The van der Waals surface area contributed by atoms with E-state index in [1.54, 1.807) is 0 Å². The monoisotopic (exact) mass is 283 g/mol. The summed E-state index contributed by atoms with van der Waals surface area (Å²) in [5, 5.41) is 11.9. The molecule has 98 valence electrons. The van der Waals surface area contributed by atoms with Crippen LogP contribution in [0.25, 0.3) is 0 Å². The van der Waals surface area contributed by atoms with E-state index in [2.05, 4.69) is 5.32 Å². The molecule has 0 unspecified atom stereocenters. The van der Waals surface area contributed by atoms with E-state index in [0.717, 1.165) is 18.2 Å². The summed E-state index contributed by atoms with van der Waals surface area (Å²) in [7, 11) is 0. The highest BCUT2D eigenvalue weighted by Gasteiger charge is 2.11. The van der Waals surface area contributed by atoms with Crippen LogP contribution in [0.15, 0.2) is 36.4 Å². The van der Waals surface area contributed by atoms with E-state index >= 15 is 0 Å². The standard InChI is InChI=1S/C13H8ClF2NO2/c14-7-1-2-12(11(3-7)13(18)19)17-10-5-8(15)4-9(16)6-10/h1-6,17H,(H,18,19). The van der Waals surface area contributed by atoms with Crippen molar-refractivity contribution < 1.29 is 18.7 Å². The third kappa shape index (κ3) is 3.20. The van der Waals surface area contributed by atoms with Crippen LogP contribution in [0.4, 0.5) is 20.2 Å². The molecule has 0 aliphatic rings. The summed E-state index contributed by atoms with van der Waals surface area (Å²) >= 11 is 5.70. The number of carboxylic acids is 1. The normalized spacial score (nSPS) is 10.3. The first-order valence-electron chi connectivity index (χ1n) is 5.21. The molecule has 0 aliphatic carbocycles. The molecule has 0 radical (unpaired) electrons. The fraction of sp³-hybridized carbons (Fsp3) is 0. The average Bonchev–Trinajstić information content (AvgIpc) is 2.30. The molecular weight excluding hydrogens is 276 g/mol. The SMILES string of the molecule is O=C(O)c1cc(Cl)ccc1Nc1cc(F)cc(F)c1. The Morgan fingerprint density at radius 2 is 1.74 bits per heavy atom. The molecule has 0 aromatic heterocycles. The Bertz CT molecular complexity index is 626. The van der Waals surface area contributed by atoms with E-state index in [9.17, 15) is 13.6 Å². The minimum absolute atomic E-state index is 0.0860. The van der Waals surface area contributed by atoms with Gasteiger partial charge in [-0.3, -0.25) is 0 Å². The van der Waals surface area contributed by atoms with Gasteiger partial charge in [-0.1, -0.05) is 11.6 Å². The van der Waals surface area contributed by atoms with Gasteiger partial charge in [-0.25, -0.2) is 13.6 Å². The Kier molecular flexibility index (Phi) is 3.66. The highest BCUT2D eigenvalue weighted by Crippen LogP contribution is 2.25. The van der Waals surface area contributed by atoms with Crippen LogP contribution >= 0.6 is 11.6 Å². The minimum atomic E-state index is -1.19. The van der Waals surface area contributed by atoms with Crippen LogP contribution in [0, 0.1) is 11.6 Å². The van der Waals surface area contributed by atoms with E-state index in [1.807, 2.05) is 0 Å². The topological polar surface area (TPSA) is 49.3 Å². The third-order valence-corrected chi connectivity index (χ3v) is 2.59. The lowest BCUT2D eigenvalue weighted by Crippen LogP contribution is -2.03. The first kappa shape index (κ1) is 13.3. The van der Waals surface area contributed by atoms with Crippen LogP contribution in [0.3, 0.4) is 0 Å². The van der Waals surface area contributed by atoms with Crippen LogP contribution in [0.5, 0.6) is 0 Å². The molecule has 6 heteroatoms. The summed E-state index contributed by atoms with van der Waals surface area (Å²) in [6.07, 6.45) is 0. The quantitative estimate of drug-likeness (QED) is 0.893. The van der Waals surface area contributed by atoms with Crippen molar-refractivity contribution in [3.05, 3.63) is 58.6 Å². The van der Waals surface area contributed by atoms with Gasteiger partial charge in [0, 0.05) is 16.8 Å². The summed E-state index contributed by atoms with van der Waals surface area (Å²) < 4.78 is 26.1. The maximum absolute atomic E-state index is 13.0. The number of carbonyl (C=O) groups is 1. The first-order valence-corrected chi connectivity index (χ1v) is 5.59. The van der Waals surface area contributed by atoms with Crippen LogP contribution < -0.4 is 5.32 Å². The predicted molar refractivity (Wildman–Crippen MR) is 68.1 cm³/mol. The van der Waals surface area contributed by atoms with Gasteiger partial charge in [0.1, 0.15) is 11.6 Å². The van der Waals surface area contributed by atoms with Crippen LogP contribution in [0.1, 0.15) is 10.4 Å². The average molecular weight is 284 g/mol. The summed E-state index contributed by atoms with van der Waals surface area (Å²) in [5.74, 6) is -2.71. The summed E-state index contributed by atoms with van der Waals surface area (Å²) in [4.78, 5) is 11.1. The number of nitrogens with one attached hydrogen (secondary N) is 1. The van der Waals surface area contributed by atoms with Crippen molar-refractivity contribution in [3.8, 4) is 0 Å². The lowest BCUT2D eigenvalue weighted by Gasteiger charge is -2.10. The molecule has 2 aromatic rings. The minimum Gasteiger partial charge on any atom is -0.478 e. The van der Waals surface area contributed by atoms with Crippen molar-refractivity contribution in [1.82, 2.24) is 0 Å². The van der Waals surface area contributed by atoms with E-state index in [-0.39, 0.29) is 22.0 Å². The van der Waals surface area contributed by atoms with Gasteiger partial charge in [0.15, 0.2) is 0 Å². The van der Waals surface area contributed by atoms with Crippen molar-refractivity contribution in [2.75, 3.05) is 5.32 Å². The fourth-order valence-electron chi connectivity index (χ4n) is 1.58. The molecule has 0 amide bonds. The number of hydrogen-bond donors (Lipinski definition) is 2. The highest BCUT2D eigenvalue weighted by atomic mass is 35.5. The smallest absolute Gasteiger partial charge is 0.337 e. The molecule has 0 heterocycles. The number of anilines is 2. The van der Waals surface area contributed by atoms with Crippen LogP contribution in [-0.2, 0) is 0 Å². The Balaban J connectivity index is 2.40. The Hall–Kier alpha value is -2.14. The summed E-state index contributed by atoms with van der Waals surface area (Å²) in [5.41, 5.74) is 0.224. The number of rotatable bonds is 3. The second-order valence-corrected chi connectivity index (χ2v) is 4.21. The lowest BCUT2D eigenvalue weighted by molar-refractivity contribution is 0.0698. The molecule has 0 bridgehead atoms. The van der Waals surface area contributed by atoms with Crippen molar-refractivity contribution in [3.63, 3.8) is 0 Å². The predicted octanol–water partition coefficient (Wildman–Crippen LogP) is 4.06. The van der Waals surface area contributed by atoms with Crippen molar-refractivity contribution in [2.24, 2.45) is 0 Å². The highest BCUT2D eigenvalue weighted by molar-refractivity contribution is 6.31. The molecule has 0 saturated heterocycles. The van der Waals surface area contributed by atoms with Gasteiger partial charge in [-0.05, 0) is 30.3 Å². The van der Waals surface area contributed by atoms with Crippen LogP contribution in [0.2, 0.25) is 5.02 Å².